The van der Waals surface area contributed by atoms with Gasteiger partial charge in [-0.25, -0.2) is 4.79 Å². The van der Waals surface area contributed by atoms with Gasteiger partial charge in [0.1, 0.15) is 23.2 Å². The summed E-state index contributed by atoms with van der Waals surface area (Å²) < 4.78 is 11.4. The van der Waals surface area contributed by atoms with Crippen molar-refractivity contribution in [3.05, 3.63) is 47.1 Å². The summed E-state index contributed by atoms with van der Waals surface area (Å²) >= 11 is 0. The van der Waals surface area contributed by atoms with Crippen LogP contribution in [0.3, 0.4) is 0 Å². The van der Waals surface area contributed by atoms with E-state index < -0.39 is 5.97 Å². The first-order valence-corrected chi connectivity index (χ1v) is 10.3. The van der Waals surface area contributed by atoms with Gasteiger partial charge in [-0.05, 0) is 50.7 Å². The van der Waals surface area contributed by atoms with Gasteiger partial charge in [-0.3, -0.25) is 0 Å². The highest BCUT2D eigenvalue weighted by atomic mass is 16.5. The lowest BCUT2D eigenvalue weighted by atomic mass is 9.88. The predicted molar refractivity (Wildman–Crippen MR) is 111 cm³/mol. The van der Waals surface area contributed by atoms with Crippen molar-refractivity contribution in [1.29, 1.82) is 5.41 Å². The van der Waals surface area contributed by atoms with Crippen LogP contribution in [0, 0.1) is 5.41 Å². The highest BCUT2D eigenvalue weighted by Gasteiger charge is 2.30. The maximum absolute atomic E-state index is 12.9. The first-order chi connectivity index (χ1) is 14.0. The van der Waals surface area contributed by atoms with Crippen molar-refractivity contribution in [1.82, 2.24) is 0 Å². The third kappa shape index (κ3) is 5.26. The number of rotatable bonds is 1. The number of carbonyl (C=O) groups excluding carboxylic acids is 1. The zero-order chi connectivity index (χ0) is 20.8. The first-order valence-electron chi connectivity index (χ1n) is 10.3. The van der Waals surface area contributed by atoms with Crippen LogP contribution in [0.4, 0.5) is 0 Å². The maximum atomic E-state index is 12.9. The van der Waals surface area contributed by atoms with Gasteiger partial charge in [-0.1, -0.05) is 18.2 Å². The minimum atomic E-state index is -0.649. The summed E-state index contributed by atoms with van der Waals surface area (Å²) in [6, 6.07) is 1.18. The largest absolute Gasteiger partial charge is 0.507 e. The topological polar surface area (TPSA) is 99.8 Å². The molecule has 0 saturated carbocycles. The van der Waals surface area contributed by atoms with E-state index in [0.29, 0.717) is 30.6 Å². The highest BCUT2D eigenvalue weighted by Crippen LogP contribution is 2.41. The fraction of sp³-hybridized carbons (Fsp3) is 0.478. The number of cyclic esters (lactones) is 1. The molecule has 2 aliphatic heterocycles. The van der Waals surface area contributed by atoms with Crippen LogP contribution in [-0.2, 0) is 15.9 Å². The van der Waals surface area contributed by atoms with Gasteiger partial charge in [-0.2, -0.15) is 0 Å². The number of fused-ring (bicyclic) bond motifs is 1. The zero-order valence-corrected chi connectivity index (χ0v) is 16.8. The SMILES string of the molecule is CC1C/C=C/CC/C=C/C(=N)Cc2c(c(O)cc(O)c2C2CCCCO2)C(=O)O1. The molecule has 1 saturated heterocycles. The van der Waals surface area contributed by atoms with Crippen LogP contribution in [0.25, 0.3) is 0 Å². The molecule has 2 atom stereocenters. The number of hydrogen-bond acceptors (Lipinski definition) is 6. The van der Waals surface area contributed by atoms with Crippen LogP contribution >= 0.6 is 0 Å². The Kier molecular flexibility index (Phi) is 7.09. The lowest BCUT2D eigenvalue weighted by molar-refractivity contribution is 0.0129. The number of phenolic OH excluding ortho intramolecular Hbond substituents is 2. The molecule has 2 heterocycles. The number of allylic oxidation sites excluding steroid dienone is 3. The van der Waals surface area contributed by atoms with Gasteiger partial charge in [-0.15, -0.1) is 0 Å². The molecule has 2 aliphatic rings. The van der Waals surface area contributed by atoms with Crippen LogP contribution in [-0.4, -0.2) is 34.6 Å². The molecule has 3 rings (SSSR count). The summed E-state index contributed by atoms with van der Waals surface area (Å²) in [4.78, 5) is 12.9. The Balaban J connectivity index is 2.09. The van der Waals surface area contributed by atoms with Crippen molar-refractivity contribution < 1.29 is 24.5 Å². The number of aromatic hydroxyl groups is 2. The lowest BCUT2D eigenvalue weighted by Gasteiger charge is -2.27. The summed E-state index contributed by atoms with van der Waals surface area (Å²) in [6.07, 6.45) is 11.9. The van der Waals surface area contributed by atoms with Gasteiger partial charge in [0.2, 0.25) is 0 Å². The van der Waals surface area contributed by atoms with Crippen LogP contribution in [0.5, 0.6) is 11.5 Å². The van der Waals surface area contributed by atoms with Gasteiger partial charge < -0.3 is 25.1 Å². The molecule has 1 fully saturated rings. The summed E-state index contributed by atoms with van der Waals surface area (Å²) in [5.41, 5.74) is 1.19. The molecule has 0 bridgehead atoms. The zero-order valence-electron chi connectivity index (χ0n) is 16.8. The van der Waals surface area contributed by atoms with Crippen molar-refractivity contribution in [3.63, 3.8) is 0 Å². The molecule has 0 aliphatic carbocycles. The van der Waals surface area contributed by atoms with Crippen molar-refractivity contribution in [2.45, 2.75) is 64.1 Å². The van der Waals surface area contributed by atoms with E-state index in [0.717, 1.165) is 25.7 Å². The van der Waals surface area contributed by atoms with Gasteiger partial charge in [0.25, 0.3) is 0 Å². The summed E-state index contributed by atoms with van der Waals surface area (Å²) in [7, 11) is 0. The minimum absolute atomic E-state index is 0.0120. The molecule has 0 aromatic heterocycles. The number of nitrogens with one attached hydrogen (secondary N) is 1. The Labute approximate surface area is 171 Å². The molecule has 29 heavy (non-hydrogen) atoms. The Hall–Kier alpha value is -2.60. The van der Waals surface area contributed by atoms with E-state index in [1.807, 2.05) is 18.2 Å². The van der Waals surface area contributed by atoms with E-state index in [1.54, 1.807) is 13.0 Å². The van der Waals surface area contributed by atoms with E-state index in [9.17, 15) is 15.0 Å². The third-order valence-electron chi connectivity index (χ3n) is 5.27. The molecular formula is C23H29NO5. The lowest BCUT2D eigenvalue weighted by Crippen LogP contribution is -2.20. The van der Waals surface area contributed by atoms with Gasteiger partial charge in [0, 0.05) is 36.8 Å². The molecule has 1 aromatic rings. The molecule has 3 N–H and O–H groups in total. The van der Waals surface area contributed by atoms with Crippen molar-refractivity contribution >= 4 is 11.7 Å². The molecule has 0 amide bonds. The highest BCUT2D eigenvalue weighted by molar-refractivity contribution is 6.00. The smallest absolute Gasteiger partial charge is 0.342 e. The van der Waals surface area contributed by atoms with Crippen molar-refractivity contribution in [3.8, 4) is 11.5 Å². The fourth-order valence-electron chi connectivity index (χ4n) is 3.83. The normalized spacial score (nSPS) is 26.1. The predicted octanol–water partition coefficient (Wildman–Crippen LogP) is 4.74. The van der Waals surface area contributed by atoms with Crippen molar-refractivity contribution in [2.24, 2.45) is 0 Å². The van der Waals surface area contributed by atoms with Gasteiger partial charge in [0.05, 0.1) is 6.10 Å². The number of carbonyl (C=O) groups is 1. The quantitative estimate of drug-likeness (QED) is 0.468. The minimum Gasteiger partial charge on any atom is -0.507 e. The number of benzene rings is 1. The van der Waals surface area contributed by atoms with Crippen molar-refractivity contribution in [2.75, 3.05) is 6.61 Å². The molecule has 156 valence electrons. The third-order valence-corrected chi connectivity index (χ3v) is 5.27. The van der Waals surface area contributed by atoms with E-state index in [4.69, 9.17) is 14.9 Å². The second kappa shape index (κ2) is 9.74. The fourth-order valence-corrected chi connectivity index (χ4v) is 3.83. The first kappa shape index (κ1) is 21.1. The average Bonchev–Trinajstić information content (AvgIpc) is 2.67. The van der Waals surface area contributed by atoms with Gasteiger partial charge in [0.15, 0.2) is 0 Å². The Morgan fingerprint density at radius 1 is 1.10 bits per heavy atom. The van der Waals surface area contributed by atoms with Crippen LogP contribution < -0.4 is 0 Å². The van der Waals surface area contributed by atoms with Crippen LogP contribution in [0.15, 0.2) is 30.4 Å². The van der Waals surface area contributed by atoms with Crippen LogP contribution in [0.1, 0.15) is 73.0 Å². The summed E-state index contributed by atoms with van der Waals surface area (Å²) in [6.45, 7) is 2.38. The average molecular weight is 399 g/mol. The van der Waals surface area contributed by atoms with Gasteiger partial charge >= 0.3 is 5.97 Å². The molecule has 0 spiro atoms. The molecule has 0 radical (unpaired) electrons. The molecule has 1 aromatic carbocycles. The Morgan fingerprint density at radius 3 is 2.66 bits per heavy atom. The second-order valence-corrected chi connectivity index (χ2v) is 7.64. The number of ether oxygens (including phenoxy) is 2. The molecule has 6 heteroatoms. The number of phenols is 2. The Bertz CT molecular complexity index is 821. The van der Waals surface area contributed by atoms with E-state index in [-0.39, 0.29) is 41.4 Å². The summed E-state index contributed by atoms with van der Waals surface area (Å²) in [5.74, 6) is -1.10. The molecule has 2 unspecified atom stereocenters. The number of hydrogen-bond donors (Lipinski definition) is 3. The maximum Gasteiger partial charge on any atom is 0.342 e. The Morgan fingerprint density at radius 2 is 1.90 bits per heavy atom. The van der Waals surface area contributed by atoms with E-state index in [1.165, 1.54) is 6.07 Å². The standard InChI is InChI=1S/C23H29NO5/c1-15-9-5-3-2-4-6-10-16(24)13-17-21(20-11-7-8-12-28-20)18(25)14-19(26)22(17)23(27)29-15/h3,5-6,10,14-15,20,24-26H,2,4,7-9,11-13H2,1H3/b5-3+,10-6+,24-16?. The molecule has 6 nitrogen and oxygen atoms in total. The van der Waals surface area contributed by atoms with E-state index in [2.05, 4.69) is 0 Å². The monoisotopic (exact) mass is 399 g/mol. The molecular weight excluding hydrogens is 370 g/mol. The summed E-state index contributed by atoms with van der Waals surface area (Å²) in [5, 5.41) is 29.5. The van der Waals surface area contributed by atoms with E-state index >= 15 is 0 Å². The second-order valence-electron chi connectivity index (χ2n) is 7.64. The number of esters is 1. The van der Waals surface area contributed by atoms with Crippen LogP contribution in [0.2, 0.25) is 0 Å².